The molecule has 0 aliphatic rings. The molecule has 0 saturated heterocycles. The van der Waals surface area contributed by atoms with Crippen molar-refractivity contribution in [1.29, 1.82) is 0 Å². The molecule has 0 radical (unpaired) electrons. The van der Waals surface area contributed by atoms with Crippen molar-refractivity contribution < 1.29 is 9.47 Å². The fourth-order valence-corrected chi connectivity index (χ4v) is 0.951. The van der Waals surface area contributed by atoms with Gasteiger partial charge >= 0.3 is 0 Å². The molecule has 0 aromatic heterocycles. The van der Waals surface area contributed by atoms with Crippen LogP contribution in [0.2, 0.25) is 0 Å². The third-order valence-corrected chi connectivity index (χ3v) is 2.16. The topological polar surface area (TPSA) is 18.5 Å². The first-order valence-electron chi connectivity index (χ1n) is 4.78. The van der Waals surface area contributed by atoms with E-state index in [1.807, 2.05) is 38.1 Å². The molecule has 0 fully saturated rings. The summed E-state index contributed by atoms with van der Waals surface area (Å²) in [6, 6.07) is 8.02. The molecule has 0 aliphatic carbocycles. The smallest absolute Gasteiger partial charge is 0.119 e. The molecule has 2 nitrogen and oxygen atoms in total. The number of methoxy groups -OCH3 is 1. The van der Waals surface area contributed by atoms with Gasteiger partial charge in [-0.05, 0) is 32.9 Å². The van der Waals surface area contributed by atoms with Crippen molar-refractivity contribution in [1.82, 2.24) is 0 Å². The minimum absolute atomic E-state index is 0.231. The molecule has 0 bridgehead atoms. The highest BCUT2D eigenvalue weighted by atomic mass is 16.5. The monoisotopic (exact) mass is 194 g/mol. The van der Waals surface area contributed by atoms with Crippen molar-refractivity contribution in [2.75, 3.05) is 13.7 Å². The van der Waals surface area contributed by atoms with Crippen LogP contribution in [0.3, 0.4) is 0 Å². The lowest BCUT2D eigenvalue weighted by atomic mass is 10.1. The van der Waals surface area contributed by atoms with Gasteiger partial charge in [0.05, 0.1) is 5.60 Å². The van der Waals surface area contributed by atoms with E-state index in [0.717, 1.165) is 5.75 Å². The molecule has 0 unspecified atom stereocenters. The van der Waals surface area contributed by atoms with Gasteiger partial charge in [0.15, 0.2) is 0 Å². The average Bonchev–Trinajstić information content (AvgIpc) is 2.17. The Kier molecular flexibility index (Phi) is 3.53. The SMILES string of the molecule is COC(C)(C)COc1ccc(C)cc1. The van der Waals surface area contributed by atoms with Crippen LogP contribution in [-0.2, 0) is 4.74 Å². The summed E-state index contributed by atoms with van der Waals surface area (Å²) < 4.78 is 10.8. The summed E-state index contributed by atoms with van der Waals surface area (Å²) >= 11 is 0. The molecule has 0 spiro atoms. The first-order valence-corrected chi connectivity index (χ1v) is 4.78. The molecule has 14 heavy (non-hydrogen) atoms. The van der Waals surface area contributed by atoms with Crippen LogP contribution in [0.25, 0.3) is 0 Å². The van der Waals surface area contributed by atoms with Gasteiger partial charge in [0.25, 0.3) is 0 Å². The number of benzene rings is 1. The predicted molar refractivity (Wildman–Crippen MR) is 57.8 cm³/mol. The zero-order valence-corrected chi connectivity index (χ0v) is 9.33. The maximum absolute atomic E-state index is 5.59. The van der Waals surface area contributed by atoms with E-state index >= 15 is 0 Å². The van der Waals surface area contributed by atoms with Crippen LogP contribution in [0.4, 0.5) is 0 Å². The van der Waals surface area contributed by atoms with E-state index in [2.05, 4.69) is 6.92 Å². The average molecular weight is 194 g/mol. The Balaban J connectivity index is 2.50. The second-order valence-electron chi connectivity index (χ2n) is 4.07. The van der Waals surface area contributed by atoms with Crippen molar-refractivity contribution in [3.63, 3.8) is 0 Å². The molecule has 0 saturated carbocycles. The third kappa shape index (κ3) is 3.38. The normalized spacial score (nSPS) is 11.4. The molecule has 0 amide bonds. The highest BCUT2D eigenvalue weighted by molar-refractivity contribution is 5.26. The molecule has 2 heteroatoms. The largest absolute Gasteiger partial charge is 0.491 e. The Morgan fingerprint density at radius 3 is 2.21 bits per heavy atom. The quantitative estimate of drug-likeness (QED) is 0.733. The molecule has 1 aromatic rings. The summed E-state index contributed by atoms with van der Waals surface area (Å²) in [5.41, 5.74) is 1.01. The van der Waals surface area contributed by atoms with Crippen LogP contribution < -0.4 is 4.74 Å². The fraction of sp³-hybridized carbons (Fsp3) is 0.500. The maximum Gasteiger partial charge on any atom is 0.119 e. The molecule has 0 heterocycles. The minimum atomic E-state index is -0.231. The lowest BCUT2D eigenvalue weighted by Gasteiger charge is -2.22. The van der Waals surface area contributed by atoms with Crippen LogP contribution in [0.15, 0.2) is 24.3 Å². The summed E-state index contributed by atoms with van der Waals surface area (Å²) in [7, 11) is 1.69. The number of hydrogen-bond acceptors (Lipinski definition) is 2. The Labute approximate surface area is 85.8 Å². The Morgan fingerprint density at radius 1 is 1.14 bits per heavy atom. The van der Waals surface area contributed by atoms with E-state index < -0.39 is 0 Å². The number of rotatable bonds is 4. The van der Waals surface area contributed by atoms with E-state index in [0.29, 0.717) is 6.61 Å². The van der Waals surface area contributed by atoms with Crippen LogP contribution in [0.1, 0.15) is 19.4 Å². The second kappa shape index (κ2) is 4.47. The van der Waals surface area contributed by atoms with Gasteiger partial charge in [0, 0.05) is 7.11 Å². The van der Waals surface area contributed by atoms with Crippen LogP contribution in [-0.4, -0.2) is 19.3 Å². The standard InChI is InChI=1S/C12H18O2/c1-10-5-7-11(8-6-10)14-9-12(2,3)13-4/h5-8H,9H2,1-4H3. The zero-order valence-electron chi connectivity index (χ0n) is 9.33. The first-order chi connectivity index (χ1) is 6.53. The summed E-state index contributed by atoms with van der Waals surface area (Å²) in [4.78, 5) is 0. The zero-order chi connectivity index (χ0) is 10.6. The van der Waals surface area contributed by atoms with Gasteiger partial charge in [-0.2, -0.15) is 0 Å². The first kappa shape index (κ1) is 11.1. The van der Waals surface area contributed by atoms with Crippen LogP contribution >= 0.6 is 0 Å². The molecule has 0 N–H and O–H groups in total. The van der Waals surface area contributed by atoms with E-state index in [1.54, 1.807) is 7.11 Å². The van der Waals surface area contributed by atoms with Crippen LogP contribution in [0.5, 0.6) is 5.75 Å². The Morgan fingerprint density at radius 2 is 1.71 bits per heavy atom. The predicted octanol–water partition coefficient (Wildman–Crippen LogP) is 2.80. The molecule has 0 atom stereocenters. The fourth-order valence-electron chi connectivity index (χ4n) is 0.951. The van der Waals surface area contributed by atoms with E-state index in [-0.39, 0.29) is 5.60 Å². The summed E-state index contributed by atoms with van der Waals surface area (Å²) in [5.74, 6) is 0.890. The number of aryl methyl sites for hydroxylation is 1. The van der Waals surface area contributed by atoms with Crippen molar-refractivity contribution in [2.24, 2.45) is 0 Å². The maximum atomic E-state index is 5.59. The summed E-state index contributed by atoms with van der Waals surface area (Å²) in [6.45, 7) is 6.62. The Hall–Kier alpha value is -1.02. The number of hydrogen-bond donors (Lipinski definition) is 0. The van der Waals surface area contributed by atoms with Crippen molar-refractivity contribution in [3.05, 3.63) is 29.8 Å². The number of ether oxygens (including phenoxy) is 2. The van der Waals surface area contributed by atoms with E-state index in [4.69, 9.17) is 9.47 Å². The van der Waals surface area contributed by atoms with Gasteiger partial charge in [-0.3, -0.25) is 0 Å². The van der Waals surface area contributed by atoms with Gasteiger partial charge in [0.1, 0.15) is 12.4 Å². The summed E-state index contributed by atoms with van der Waals surface area (Å²) in [6.07, 6.45) is 0. The lowest BCUT2D eigenvalue weighted by molar-refractivity contribution is -0.0146. The lowest BCUT2D eigenvalue weighted by Crippen LogP contribution is -2.30. The minimum Gasteiger partial charge on any atom is -0.491 e. The van der Waals surface area contributed by atoms with Gasteiger partial charge in [-0.15, -0.1) is 0 Å². The molecule has 1 aromatic carbocycles. The second-order valence-corrected chi connectivity index (χ2v) is 4.07. The summed E-state index contributed by atoms with van der Waals surface area (Å²) in [5, 5.41) is 0. The van der Waals surface area contributed by atoms with Crippen molar-refractivity contribution in [3.8, 4) is 5.75 Å². The molecule has 0 aliphatic heterocycles. The highest BCUT2D eigenvalue weighted by Crippen LogP contribution is 2.15. The van der Waals surface area contributed by atoms with Crippen molar-refractivity contribution >= 4 is 0 Å². The Bertz CT molecular complexity index is 275. The van der Waals surface area contributed by atoms with Gasteiger partial charge in [-0.1, -0.05) is 17.7 Å². The molecular formula is C12H18O2. The molecule has 78 valence electrons. The van der Waals surface area contributed by atoms with Gasteiger partial charge in [-0.25, -0.2) is 0 Å². The van der Waals surface area contributed by atoms with E-state index in [9.17, 15) is 0 Å². The van der Waals surface area contributed by atoms with Crippen molar-refractivity contribution in [2.45, 2.75) is 26.4 Å². The van der Waals surface area contributed by atoms with Crippen LogP contribution in [0, 0.1) is 6.92 Å². The van der Waals surface area contributed by atoms with Gasteiger partial charge < -0.3 is 9.47 Å². The van der Waals surface area contributed by atoms with E-state index in [1.165, 1.54) is 5.56 Å². The van der Waals surface area contributed by atoms with Gasteiger partial charge in [0.2, 0.25) is 0 Å². The third-order valence-electron chi connectivity index (χ3n) is 2.16. The molecular weight excluding hydrogens is 176 g/mol. The highest BCUT2D eigenvalue weighted by Gasteiger charge is 2.16. The molecule has 1 rings (SSSR count).